The van der Waals surface area contributed by atoms with Gasteiger partial charge in [-0.25, -0.2) is 9.37 Å². The van der Waals surface area contributed by atoms with Crippen LogP contribution >= 0.6 is 11.6 Å². The summed E-state index contributed by atoms with van der Waals surface area (Å²) < 4.78 is 12.2. The number of aromatic nitrogens is 2. The highest BCUT2D eigenvalue weighted by atomic mass is 35.5. The van der Waals surface area contributed by atoms with Gasteiger partial charge in [0, 0.05) is 6.92 Å². The Morgan fingerprint density at radius 3 is 1.95 bits per heavy atom. The van der Waals surface area contributed by atoms with Gasteiger partial charge in [0.1, 0.15) is 0 Å². The Labute approximate surface area is 117 Å². The molecule has 0 spiro atoms. The second-order valence-electron chi connectivity index (χ2n) is 4.01. The van der Waals surface area contributed by atoms with E-state index in [1.807, 2.05) is 0 Å². The zero-order chi connectivity index (χ0) is 14.7. The van der Waals surface area contributed by atoms with Crippen molar-refractivity contribution in [1.29, 1.82) is 0 Å². The maximum Gasteiger partial charge on any atom is 0.300 e. The average Bonchev–Trinajstić information content (AvgIpc) is 2.36. The molecule has 0 atom stereocenters. The summed E-state index contributed by atoms with van der Waals surface area (Å²) in [6.07, 6.45) is 9.92. The van der Waals surface area contributed by atoms with Crippen LogP contribution in [-0.4, -0.2) is 21.0 Å². The zero-order valence-electron chi connectivity index (χ0n) is 10.9. The predicted molar refractivity (Wildman–Crippen MR) is 72.4 cm³/mol. The normalized spacial score (nSPS) is 13.4. The van der Waals surface area contributed by atoms with Gasteiger partial charge in [0.05, 0.1) is 6.20 Å². The lowest BCUT2D eigenvalue weighted by Crippen LogP contribution is -1.95. The van der Waals surface area contributed by atoms with E-state index < -0.39 is 11.8 Å². The van der Waals surface area contributed by atoms with E-state index in [4.69, 9.17) is 27.2 Å². The molecule has 19 heavy (non-hydrogen) atoms. The van der Waals surface area contributed by atoms with E-state index in [2.05, 4.69) is 9.97 Å². The summed E-state index contributed by atoms with van der Waals surface area (Å²) >= 11 is 5.25. The van der Waals surface area contributed by atoms with Gasteiger partial charge < -0.3 is 10.8 Å². The first-order valence-electron chi connectivity index (χ1n) is 6.06. The number of carboxylic acid groups (broad SMARTS) is 1. The van der Waals surface area contributed by atoms with Crippen molar-refractivity contribution in [3.05, 3.63) is 17.3 Å². The highest BCUT2D eigenvalue weighted by Gasteiger charge is 1.98. The number of halogens is 2. The van der Waals surface area contributed by atoms with Crippen molar-refractivity contribution in [1.82, 2.24) is 9.97 Å². The van der Waals surface area contributed by atoms with Crippen molar-refractivity contribution in [3.8, 4) is 0 Å². The zero-order valence-corrected chi connectivity index (χ0v) is 11.7. The summed E-state index contributed by atoms with van der Waals surface area (Å²) in [7, 11) is 0. The van der Waals surface area contributed by atoms with Crippen LogP contribution in [0.4, 0.5) is 10.2 Å². The molecule has 0 bridgehead atoms. The van der Waals surface area contributed by atoms with Crippen molar-refractivity contribution >= 4 is 23.4 Å². The summed E-state index contributed by atoms with van der Waals surface area (Å²) in [6.45, 7) is 1.08. The minimum absolute atomic E-state index is 0.0473. The fourth-order valence-corrected chi connectivity index (χ4v) is 1.56. The Kier molecular flexibility index (Phi) is 9.70. The lowest BCUT2D eigenvalue weighted by atomic mass is 10.0. The lowest BCUT2D eigenvalue weighted by molar-refractivity contribution is -0.134. The van der Waals surface area contributed by atoms with Gasteiger partial charge in [-0.1, -0.05) is 38.5 Å². The van der Waals surface area contributed by atoms with Crippen LogP contribution in [0.5, 0.6) is 0 Å². The highest BCUT2D eigenvalue weighted by Crippen LogP contribution is 2.15. The van der Waals surface area contributed by atoms with Gasteiger partial charge in [0.25, 0.3) is 5.97 Å². The largest absolute Gasteiger partial charge is 0.481 e. The number of carbonyl (C=O) groups is 1. The molecule has 0 amide bonds. The summed E-state index contributed by atoms with van der Waals surface area (Å²) in [4.78, 5) is 15.7. The van der Waals surface area contributed by atoms with Gasteiger partial charge in [0.15, 0.2) is 11.6 Å². The van der Waals surface area contributed by atoms with E-state index in [1.165, 1.54) is 38.5 Å². The molecular weight excluding hydrogens is 273 g/mol. The van der Waals surface area contributed by atoms with E-state index in [1.54, 1.807) is 0 Å². The number of hydrogen-bond acceptors (Lipinski definition) is 4. The van der Waals surface area contributed by atoms with E-state index in [-0.39, 0.29) is 11.1 Å². The molecule has 5 nitrogen and oxygen atoms in total. The maximum absolute atomic E-state index is 12.2. The number of aliphatic carboxylic acids is 1. The minimum Gasteiger partial charge on any atom is -0.481 e. The van der Waals surface area contributed by atoms with E-state index in [9.17, 15) is 4.39 Å². The summed E-state index contributed by atoms with van der Waals surface area (Å²) in [5, 5.41) is 7.37. The van der Waals surface area contributed by atoms with Crippen molar-refractivity contribution in [2.75, 3.05) is 5.73 Å². The third kappa shape index (κ3) is 11.4. The molecular formula is C12H19ClFN3O2. The molecule has 1 saturated carbocycles. The van der Waals surface area contributed by atoms with E-state index >= 15 is 0 Å². The van der Waals surface area contributed by atoms with Crippen molar-refractivity contribution in [2.45, 2.75) is 45.4 Å². The molecule has 2 rings (SSSR count). The summed E-state index contributed by atoms with van der Waals surface area (Å²) in [6, 6.07) is 0. The van der Waals surface area contributed by atoms with Crippen LogP contribution in [0.2, 0.25) is 5.28 Å². The SMILES string of the molecule is C1CCCCC1.CC(=O)O.Nc1nc(Cl)ncc1F. The lowest BCUT2D eigenvalue weighted by Gasteiger charge is -2.05. The molecule has 0 unspecified atom stereocenters. The Hall–Kier alpha value is -1.43. The van der Waals surface area contributed by atoms with Gasteiger partial charge in [-0.15, -0.1) is 0 Å². The Bertz CT molecular complexity index is 372. The Balaban J connectivity index is 0.000000281. The standard InChI is InChI=1S/C6H12.C4H3ClFN3.C2H4O2/c1-2-4-6-5-3-1;5-4-8-1-2(6)3(7)9-4;1-2(3)4/h1-6H2;1H,(H2,7,8,9);1H3,(H,3,4). The molecule has 7 heteroatoms. The second-order valence-corrected chi connectivity index (χ2v) is 4.35. The molecule has 1 aliphatic rings. The van der Waals surface area contributed by atoms with Gasteiger partial charge in [-0.05, 0) is 11.6 Å². The smallest absolute Gasteiger partial charge is 0.300 e. The van der Waals surface area contributed by atoms with Crippen LogP contribution in [0.1, 0.15) is 45.4 Å². The number of anilines is 1. The van der Waals surface area contributed by atoms with Crippen molar-refractivity contribution in [2.24, 2.45) is 0 Å². The fourth-order valence-electron chi connectivity index (χ4n) is 1.42. The van der Waals surface area contributed by atoms with Crippen LogP contribution < -0.4 is 5.73 Å². The number of nitrogens with zero attached hydrogens (tertiary/aromatic N) is 2. The minimum atomic E-state index is -0.833. The van der Waals surface area contributed by atoms with Gasteiger partial charge in [0.2, 0.25) is 5.28 Å². The first kappa shape index (κ1) is 17.6. The number of carboxylic acids is 1. The van der Waals surface area contributed by atoms with Gasteiger partial charge in [-0.3, -0.25) is 4.79 Å². The molecule has 3 N–H and O–H groups in total. The fraction of sp³-hybridized carbons (Fsp3) is 0.583. The second kappa shape index (κ2) is 10.5. The average molecular weight is 292 g/mol. The van der Waals surface area contributed by atoms with Crippen molar-refractivity contribution < 1.29 is 14.3 Å². The molecule has 0 radical (unpaired) electrons. The maximum atomic E-state index is 12.2. The number of hydrogen-bond donors (Lipinski definition) is 2. The molecule has 1 aromatic heterocycles. The van der Waals surface area contributed by atoms with Crippen LogP contribution in [-0.2, 0) is 4.79 Å². The van der Waals surface area contributed by atoms with Crippen LogP contribution in [0.3, 0.4) is 0 Å². The van der Waals surface area contributed by atoms with Crippen LogP contribution in [0, 0.1) is 5.82 Å². The molecule has 1 fully saturated rings. The molecule has 108 valence electrons. The molecule has 1 aromatic rings. The number of rotatable bonds is 0. The van der Waals surface area contributed by atoms with E-state index in [0.29, 0.717) is 0 Å². The predicted octanol–water partition coefficient (Wildman–Crippen LogP) is 3.28. The van der Waals surface area contributed by atoms with Gasteiger partial charge >= 0.3 is 0 Å². The first-order chi connectivity index (χ1) is 8.93. The third-order valence-electron chi connectivity index (χ3n) is 2.24. The van der Waals surface area contributed by atoms with Crippen LogP contribution in [0.15, 0.2) is 6.20 Å². The van der Waals surface area contributed by atoms with Crippen molar-refractivity contribution in [3.63, 3.8) is 0 Å². The molecule has 1 aliphatic carbocycles. The molecule has 1 heterocycles. The summed E-state index contributed by atoms with van der Waals surface area (Å²) in [5.41, 5.74) is 5.01. The topological polar surface area (TPSA) is 89.1 Å². The Morgan fingerprint density at radius 1 is 1.32 bits per heavy atom. The van der Waals surface area contributed by atoms with E-state index in [0.717, 1.165) is 13.1 Å². The molecule has 0 saturated heterocycles. The van der Waals surface area contributed by atoms with Crippen LogP contribution in [0.25, 0.3) is 0 Å². The summed E-state index contributed by atoms with van der Waals surface area (Å²) in [5.74, 6) is -1.71. The molecule has 0 aliphatic heterocycles. The quantitative estimate of drug-likeness (QED) is 0.716. The highest BCUT2D eigenvalue weighted by molar-refractivity contribution is 6.28. The Morgan fingerprint density at radius 2 is 1.68 bits per heavy atom. The van der Waals surface area contributed by atoms with Gasteiger partial charge in [-0.2, -0.15) is 4.98 Å². The monoisotopic (exact) mass is 291 g/mol. The number of nitrogen functional groups attached to an aromatic ring is 1. The third-order valence-corrected chi connectivity index (χ3v) is 2.42. The number of nitrogens with two attached hydrogens (primary N) is 1. The molecule has 0 aromatic carbocycles. The first-order valence-corrected chi connectivity index (χ1v) is 6.44.